The standard InChI is InChI=1S/C23H24N4O3/c1-2-6-17(10-14-28)20-19-9-11-27(22(29)18-7-4-3-5-8-18)21(19)25-23(24-20)26-12-15-30-16-13-26/h2-8,14H,1,9-13,15-16H2. The number of aromatic nitrogens is 2. The molecule has 1 aromatic heterocycles. The fourth-order valence-corrected chi connectivity index (χ4v) is 3.82. The van der Waals surface area contributed by atoms with E-state index >= 15 is 0 Å². The van der Waals surface area contributed by atoms with Crippen LogP contribution in [-0.2, 0) is 16.0 Å². The van der Waals surface area contributed by atoms with Gasteiger partial charge in [-0.2, -0.15) is 4.98 Å². The third-order valence-corrected chi connectivity index (χ3v) is 5.30. The molecule has 4 rings (SSSR count). The minimum atomic E-state index is -0.0865. The number of hydrogen-bond acceptors (Lipinski definition) is 6. The van der Waals surface area contributed by atoms with Crippen LogP contribution in [0.15, 0.2) is 49.1 Å². The first kappa shape index (κ1) is 20.0. The fraction of sp³-hybridized carbons (Fsp3) is 0.304. The zero-order valence-corrected chi connectivity index (χ0v) is 16.8. The molecule has 0 bridgehead atoms. The molecule has 1 saturated heterocycles. The summed E-state index contributed by atoms with van der Waals surface area (Å²) in [7, 11) is 0. The molecule has 0 unspecified atom stereocenters. The highest BCUT2D eigenvalue weighted by Crippen LogP contribution is 2.35. The van der Waals surface area contributed by atoms with Crippen LogP contribution < -0.4 is 9.80 Å². The van der Waals surface area contributed by atoms with Gasteiger partial charge in [0.2, 0.25) is 5.95 Å². The Morgan fingerprint density at radius 3 is 2.60 bits per heavy atom. The van der Waals surface area contributed by atoms with Crippen LogP contribution in [0.4, 0.5) is 11.8 Å². The number of allylic oxidation sites excluding steroid dienone is 3. The highest BCUT2D eigenvalue weighted by molar-refractivity contribution is 6.07. The van der Waals surface area contributed by atoms with E-state index in [1.54, 1.807) is 23.1 Å². The Kier molecular flexibility index (Phi) is 5.99. The molecule has 2 aromatic rings. The Morgan fingerprint density at radius 2 is 1.90 bits per heavy atom. The predicted octanol–water partition coefficient (Wildman–Crippen LogP) is 2.67. The Morgan fingerprint density at radius 1 is 1.13 bits per heavy atom. The number of aldehydes is 1. The largest absolute Gasteiger partial charge is 0.378 e. The first-order chi connectivity index (χ1) is 14.7. The quantitative estimate of drug-likeness (QED) is 0.544. The van der Waals surface area contributed by atoms with Crippen LogP contribution in [-0.4, -0.2) is 55.0 Å². The second-order valence-corrected chi connectivity index (χ2v) is 7.15. The van der Waals surface area contributed by atoms with Crippen LogP contribution in [0.3, 0.4) is 0 Å². The van der Waals surface area contributed by atoms with Crippen molar-refractivity contribution in [3.8, 4) is 0 Å². The van der Waals surface area contributed by atoms with Gasteiger partial charge in [-0.25, -0.2) is 4.98 Å². The maximum absolute atomic E-state index is 13.2. The molecular formula is C23H24N4O3. The highest BCUT2D eigenvalue weighted by atomic mass is 16.5. The van der Waals surface area contributed by atoms with Crippen LogP contribution in [0.2, 0.25) is 0 Å². The Labute approximate surface area is 175 Å². The van der Waals surface area contributed by atoms with E-state index < -0.39 is 0 Å². The monoisotopic (exact) mass is 404 g/mol. The van der Waals surface area contributed by atoms with Crippen LogP contribution in [0.5, 0.6) is 0 Å². The number of fused-ring (bicyclic) bond motifs is 1. The number of morpholine rings is 1. The van der Waals surface area contributed by atoms with Crippen molar-refractivity contribution in [1.29, 1.82) is 0 Å². The molecule has 0 spiro atoms. The van der Waals surface area contributed by atoms with E-state index in [-0.39, 0.29) is 12.3 Å². The van der Waals surface area contributed by atoms with Gasteiger partial charge in [-0.3, -0.25) is 9.69 Å². The molecule has 1 fully saturated rings. The summed E-state index contributed by atoms with van der Waals surface area (Å²) in [5, 5.41) is 0. The number of carbonyl (C=O) groups excluding carboxylic acids is 2. The van der Waals surface area contributed by atoms with Gasteiger partial charge < -0.3 is 14.4 Å². The molecule has 2 aliphatic rings. The van der Waals surface area contributed by atoms with E-state index in [0.29, 0.717) is 56.6 Å². The van der Waals surface area contributed by atoms with Gasteiger partial charge in [0, 0.05) is 37.2 Å². The number of rotatable bonds is 6. The molecule has 0 aliphatic carbocycles. The minimum Gasteiger partial charge on any atom is -0.378 e. The summed E-state index contributed by atoms with van der Waals surface area (Å²) in [5.41, 5.74) is 3.01. The van der Waals surface area contributed by atoms with Crippen molar-refractivity contribution in [2.75, 3.05) is 42.6 Å². The number of nitrogens with zero attached hydrogens (tertiary/aromatic N) is 4. The van der Waals surface area contributed by atoms with Crippen molar-refractivity contribution in [3.63, 3.8) is 0 Å². The van der Waals surface area contributed by atoms with E-state index in [0.717, 1.165) is 23.1 Å². The Hall–Kier alpha value is -3.32. The van der Waals surface area contributed by atoms with Crippen molar-refractivity contribution in [1.82, 2.24) is 9.97 Å². The van der Waals surface area contributed by atoms with Gasteiger partial charge >= 0.3 is 0 Å². The van der Waals surface area contributed by atoms with Gasteiger partial charge in [0.1, 0.15) is 12.1 Å². The lowest BCUT2D eigenvalue weighted by atomic mass is 10.0. The molecule has 0 radical (unpaired) electrons. The minimum absolute atomic E-state index is 0.0865. The second-order valence-electron chi connectivity index (χ2n) is 7.15. The Balaban J connectivity index is 1.81. The summed E-state index contributed by atoms with van der Waals surface area (Å²) in [6.07, 6.45) is 5.19. The average Bonchev–Trinajstić information content (AvgIpc) is 3.23. The number of anilines is 2. The number of carbonyl (C=O) groups is 2. The number of hydrogen-bond donors (Lipinski definition) is 0. The number of ether oxygens (including phenoxy) is 1. The van der Waals surface area contributed by atoms with E-state index in [4.69, 9.17) is 14.7 Å². The molecule has 0 saturated carbocycles. The van der Waals surface area contributed by atoms with Crippen molar-refractivity contribution >= 4 is 29.5 Å². The summed E-state index contributed by atoms with van der Waals surface area (Å²) in [6, 6.07) is 9.20. The van der Waals surface area contributed by atoms with Crippen LogP contribution in [0.25, 0.3) is 5.57 Å². The second kappa shape index (κ2) is 9.00. The molecular weight excluding hydrogens is 380 g/mol. The summed E-state index contributed by atoms with van der Waals surface area (Å²) in [6.45, 7) is 6.86. The molecule has 7 nitrogen and oxygen atoms in total. The van der Waals surface area contributed by atoms with Crippen LogP contribution >= 0.6 is 0 Å². The molecule has 0 atom stereocenters. The normalized spacial score (nSPS) is 16.3. The van der Waals surface area contributed by atoms with Crippen LogP contribution in [0.1, 0.15) is 28.0 Å². The molecule has 2 aliphatic heterocycles. The van der Waals surface area contributed by atoms with Gasteiger partial charge in [-0.15, -0.1) is 0 Å². The number of amides is 1. The first-order valence-electron chi connectivity index (χ1n) is 10.1. The maximum Gasteiger partial charge on any atom is 0.259 e. The summed E-state index contributed by atoms with van der Waals surface area (Å²) < 4.78 is 5.45. The zero-order chi connectivity index (χ0) is 20.9. The van der Waals surface area contributed by atoms with Crippen molar-refractivity contribution < 1.29 is 14.3 Å². The van der Waals surface area contributed by atoms with Crippen LogP contribution in [0, 0.1) is 0 Å². The SMILES string of the molecule is C=CC=C(CC=O)c1nc(N2CCOCC2)nc2c1CCN2C(=O)c1ccccc1. The summed E-state index contributed by atoms with van der Waals surface area (Å²) >= 11 is 0. The third kappa shape index (κ3) is 3.89. The fourth-order valence-electron chi connectivity index (χ4n) is 3.82. The molecule has 0 N–H and O–H groups in total. The molecule has 1 amide bonds. The summed E-state index contributed by atoms with van der Waals surface area (Å²) in [5.74, 6) is 1.09. The Bertz CT molecular complexity index is 981. The molecule has 7 heteroatoms. The van der Waals surface area contributed by atoms with Gasteiger partial charge in [-0.05, 0) is 24.1 Å². The van der Waals surface area contributed by atoms with E-state index in [1.165, 1.54) is 0 Å². The maximum atomic E-state index is 13.2. The molecule has 30 heavy (non-hydrogen) atoms. The molecule has 1 aromatic carbocycles. The molecule has 3 heterocycles. The third-order valence-electron chi connectivity index (χ3n) is 5.30. The van der Waals surface area contributed by atoms with Crippen molar-refractivity contribution in [2.24, 2.45) is 0 Å². The van der Waals surface area contributed by atoms with E-state index in [1.807, 2.05) is 24.3 Å². The van der Waals surface area contributed by atoms with Gasteiger partial charge in [-0.1, -0.05) is 36.9 Å². The topological polar surface area (TPSA) is 75.6 Å². The van der Waals surface area contributed by atoms with Gasteiger partial charge in [0.15, 0.2) is 0 Å². The predicted molar refractivity (Wildman–Crippen MR) is 116 cm³/mol. The number of benzene rings is 1. The smallest absolute Gasteiger partial charge is 0.259 e. The van der Waals surface area contributed by atoms with Gasteiger partial charge in [0.25, 0.3) is 5.91 Å². The van der Waals surface area contributed by atoms with Gasteiger partial charge in [0.05, 0.1) is 18.9 Å². The zero-order valence-electron chi connectivity index (χ0n) is 16.8. The lowest BCUT2D eigenvalue weighted by molar-refractivity contribution is -0.107. The lowest BCUT2D eigenvalue weighted by Gasteiger charge is -2.28. The molecule has 154 valence electrons. The van der Waals surface area contributed by atoms with Crippen molar-refractivity contribution in [2.45, 2.75) is 12.8 Å². The first-order valence-corrected chi connectivity index (χ1v) is 10.1. The highest BCUT2D eigenvalue weighted by Gasteiger charge is 2.32. The lowest BCUT2D eigenvalue weighted by Crippen LogP contribution is -2.38. The van der Waals surface area contributed by atoms with E-state index in [9.17, 15) is 9.59 Å². The average molecular weight is 404 g/mol. The van der Waals surface area contributed by atoms with Crippen molar-refractivity contribution in [3.05, 3.63) is 65.9 Å². The van der Waals surface area contributed by atoms with E-state index in [2.05, 4.69) is 11.5 Å². The summed E-state index contributed by atoms with van der Waals surface area (Å²) in [4.78, 5) is 37.9.